The van der Waals surface area contributed by atoms with E-state index in [2.05, 4.69) is 22.0 Å². The predicted molar refractivity (Wildman–Crippen MR) is 91.1 cm³/mol. The number of rotatable bonds is 2. The molecule has 2 aliphatic rings. The lowest BCUT2D eigenvalue weighted by atomic mass is 9.71. The van der Waals surface area contributed by atoms with Gasteiger partial charge in [-0.15, -0.1) is 0 Å². The second-order valence-corrected chi connectivity index (χ2v) is 7.26. The van der Waals surface area contributed by atoms with Crippen LogP contribution in [-0.2, 0) is 6.54 Å². The molecule has 5 nitrogen and oxygen atoms in total. The number of carbonyl (C=O) groups is 1. The average molecular weight is 316 g/mol. The smallest absolute Gasteiger partial charge is 0.319 e. The number of aromatic nitrogens is 1. The van der Waals surface area contributed by atoms with E-state index in [1.807, 2.05) is 31.3 Å². The zero-order chi connectivity index (χ0) is 16.3. The molecule has 0 unspecified atom stereocenters. The highest BCUT2D eigenvalue weighted by molar-refractivity contribution is 5.73. The highest BCUT2D eigenvalue weighted by Gasteiger charge is 2.38. The molecular weight excluding hydrogens is 288 g/mol. The summed E-state index contributed by atoms with van der Waals surface area (Å²) in [6, 6.07) is 6.30. The standard InChI is InChI=1S/C18H28N4O/c1-20(2)17(23)22-13-8-18(9-14-22)6-11-21(12-7-18)15-16-5-3-4-10-19-16/h3-5,10H,6-9,11-15H2,1-2H3. The van der Waals surface area contributed by atoms with Crippen LogP contribution in [0.2, 0.25) is 0 Å². The van der Waals surface area contributed by atoms with Gasteiger partial charge >= 0.3 is 6.03 Å². The molecule has 1 aromatic rings. The summed E-state index contributed by atoms with van der Waals surface area (Å²) in [7, 11) is 3.67. The van der Waals surface area contributed by atoms with Crippen molar-refractivity contribution in [2.75, 3.05) is 40.3 Å². The molecule has 0 aliphatic carbocycles. The fourth-order valence-electron chi connectivity index (χ4n) is 3.86. The van der Waals surface area contributed by atoms with Gasteiger partial charge < -0.3 is 9.80 Å². The molecule has 2 amide bonds. The molecule has 3 heterocycles. The average Bonchev–Trinajstić information content (AvgIpc) is 2.58. The van der Waals surface area contributed by atoms with Gasteiger partial charge in [0, 0.05) is 39.9 Å². The fourth-order valence-corrected chi connectivity index (χ4v) is 3.86. The Hall–Kier alpha value is -1.62. The van der Waals surface area contributed by atoms with Crippen LogP contribution in [0.4, 0.5) is 4.79 Å². The van der Waals surface area contributed by atoms with Crippen LogP contribution < -0.4 is 0 Å². The zero-order valence-electron chi connectivity index (χ0n) is 14.4. The van der Waals surface area contributed by atoms with Crippen LogP contribution in [0.25, 0.3) is 0 Å². The molecule has 2 saturated heterocycles. The van der Waals surface area contributed by atoms with E-state index in [1.165, 1.54) is 12.8 Å². The van der Waals surface area contributed by atoms with Crippen LogP contribution >= 0.6 is 0 Å². The van der Waals surface area contributed by atoms with Crippen molar-refractivity contribution in [3.63, 3.8) is 0 Å². The Labute approximate surface area is 139 Å². The van der Waals surface area contributed by atoms with Gasteiger partial charge in [-0.25, -0.2) is 4.79 Å². The number of piperidine rings is 2. The quantitative estimate of drug-likeness (QED) is 0.841. The van der Waals surface area contributed by atoms with Gasteiger partial charge in [0.05, 0.1) is 5.69 Å². The minimum absolute atomic E-state index is 0.160. The number of likely N-dealkylation sites (tertiary alicyclic amines) is 2. The molecular formula is C18H28N4O. The molecule has 1 spiro atoms. The lowest BCUT2D eigenvalue weighted by Gasteiger charge is -2.47. The van der Waals surface area contributed by atoms with Crippen molar-refractivity contribution >= 4 is 6.03 Å². The monoisotopic (exact) mass is 316 g/mol. The SMILES string of the molecule is CN(C)C(=O)N1CCC2(CCN(Cc3ccccn3)CC2)CC1. The van der Waals surface area contributed by atoms with E-state index >= 15 is 0 Å². The predicted octanol–water partition coefficient (Wildman–Crippen LogP) is 2.44. The van der Waals surface area contributed by atoms with Crippen molar-refractivity contribution in [1.82, 2.24) is 19.7 Å². The van der Waals surface area contributed by atoms with E-state index in [4.69, 9.17) is 0 Å². The van der Waals surface area contributed by atoms with Crippen LogP contribution in [0.5, 0.6) is 0 Å². The van der Waals surface area contributed by atoms with Gasteiger partial charge in [-0.1, -0.05) is 6.07 Å². The van der Waals surface area contributed by atoms with Crippen molar-refractivity contribution in [1.29, 1.82) is 0 Å². The third kappa shape index (κ3) is 3.83. The van der Waals surface area contributed by atoms with Gasteiger partial charge in [0.2, 0.25) is 0 Å². The summed E-state index contributed by atoms with van der Waals surface area (Å²) in [6.07, 6.45) is 6.69. The van der Waals surface area contributed by atoms with Crippen LogP contribution in [0.1, 0.15) is 31.4 Å². The van der Waals surface area contributed by atoms with E-state index in [-0.39, 0.29) is 6.03 Å². The van der Waals surface area contributed by atoms with E-state index in [0.717, 1.165) is 51.3 Å². The van der Waals surface area contributed by atoms with Crippen LogP contribution in [0, 0.1) is 5.41 Å². The Balaban J connectivity index is 1.49. The molecule has 2 fully saturated rings. The van der Waals surface area contributed by atoms with Crippen molar-refractivity contribution in [2.24, 2.45) is 5.41 Å². The molecule has 0 radical (unpaired) electrons. The lowest BCUT2D eigenvalue weighted by Crippen LogP contribution is -2.50. The molecule has 0 saturated carbocycles. The number of amides is 2. The molecule has 1 aromatic heterocycles. The summed E-state index contributed by atoms with van der Waals surface area (Å²) in [5.41, 5.74) is 1.62. The third-order valence-electron chi connectivity index (χ3n) is 5.51. The summed E-state index contributed by atoms with van der Waals surface area (Å²) in [4.78, 5) is 22.7. The second-order valence-electron chi connectivity index (χ2n) is 7.26. The summed E-state index contributed by atoms with van der Waals surface area (Å²) in [5, 5.41) is 0. The second kappa shape index (κ2) is 6.87. The molecule has 5 heteroatoms. The van der Waals surface area contributed by atoms with Gasteiger partial charge in [-0.3, -0.25) is 9.88 Å². The topological polar surface area (TPSA) is 39.7 Å². The third-order valence-corrected chi connectivity index (χ3v) is 5.51. The Morgan fingerprint density at radius 1 is 1.13 bits per heavy atom. The van der Waals surface area contributed by atoms with Crippen molar-refractivity contribution < 1.29 is 4.79 Å². The molecule has 2 aliphatic heterocycles. The molecule has 0 aromatic carbocycles. The van der Waals surface area contributed by atoms with E-state index in [9.17, 15) is 4.79 Å². The summed E-state index contributed by atoms with van der Waals surface area (Å²) in [5.74, 6) is 0. The first-order valence-corrected chi connectivity index (χ1v) is 8.67. The van der Waals surface area contributed by atoms with Crippen LogP contribution in [0.15, 0.2) is 24.4 Å². The van der Waals surface area contributed by atoms with E-state index in [0.29, 0.717) is 5.41 Å². The van der Waals surface area contributed by atoms with E-state index < -0.39 is 0 Å². The molecule has 0 bridgehead atoms. The van der Waals surface area contributed by atoms with Crippen LogP contribution in [-0.4, -0.2) is 66.0 Å². The Morgan fingerprint density at radius 3 is 2.35 bits per heavy atom. The maximum atomic E-state index is 12.1. The van der Waals surface area contributed by atoms with Gasteiger partial charge in [0.1, 0.15) is 0 Å². The lowest BCUT2D eigenvalue weighted by molar-refractivity contribution is 0.0384. The maximum Gasteiger partial charge on any atom is 0.319 e. The van der Waals surface area contributed by atoms with Crippen molar-refractivity contribution in [3.8, 4) is 0 Å². The summed E-state index contributed by atoms with van der Waals surface area (Å²) >= 11 is 0. The molecule has 0 N–H and O–H groups in total. The molecule has 3 rings (SSSR count). The van der Waals surface area contributed by atoms with Crippen molar-refractivity contribution in [3.05, 3.63) is 30.1 Å². The van der Waals surface area contributed by atoms with Gasteiger partial charge in [-0.05, 0) is 56.3 Å². The molecule has 0 atom stereocenters. The van der Waals surface area contributed by atoms with Crippen LogP contribution in [0.3, 0.4) is 0 Å². The first kappa shape index (κ1) is 16.2. The molecule has 23 heavy (non-hydrogen) atoms. The first-order chi connectivity index (χ1) is 11.1. The number of hydrogen-bond acceptors (Lipinski definition) is 3. The minimum Gasteiger partial charge on any atom is -0.331 e. The minimum atomic E-state index is 0.160. The normalized spacial score (nSPS) is 21.4. The highest BCUT2D eigenvalue weighted by atomic mass is 16.2. The number of carbonyl (C=O) groups excluding carboxylic acids is 1. The number of pyridine rings is 1. The Kier molecular flexibility index (Phi) is 4.85. The number of hydrogen-bond donors (Lipinski definition) is 0. The largest absolute Gasteiger partial charge is 0.331 e. The summed E-state index contributed by atoms with van der Waals surface area (Å²) in [6.45, 7) is 5.09. The maximum absolute atomic E-state index is 12.1. The fraction of sp³-hybridized carbons (Fsp3) is 0.667. The van der Waals surface area contributed by atoms with E-state index in [1.54, 1.807) is 4.90 Å². The summed E-state index contributed by atoms with van der Waals surface area (Å²) < 4.78 is 0. The van der Waals surface area contributed by atoms with Crippen molar-refractivity contribution in [2.45, 2.75) is 32.2 Å². The van der Waals surface area contributed by atoms with Gasteiger partial charge in [0.25, 0.3) is 0 Å². The Morgan fingerprint density at radius 2 is 1.78 bits per heavy atom. The van der Waals surface area contributed by atoms with Gasteiger partial charge in [-0.2, -0.15) is 0 Å². The van der Waals surface area contributed by atoms with Gasteiger partial charge in [0.15, 0.2) is 0 Å². The first-order valence-electron chi connectivity index (χ1n) is 8.67. The Bertz CT molecular complexity index is 513. The zero-order valence-corrected chi connectivity index (χ0v) is 14.4. The molecule has 126 valence electrons. The number of urea groups is 1. The number of nitrogens with zero attached hydrogens (tertiary/aromatic N) is 4. The highest BCUT2D eigenvalue weighted by Crippen LogP contribution is 2.41.